The molecule has 1 rings (SSSR count). The molecular weight excluding hydrogens is 241 g/mol. The van der Waals surface area contributed by atoms with E-state index in [4.69, 9.17) is 23.2 Å². The van der Waals surface area contributed by atoms with Gasteiger partial charge >= 0.3 is 0 Å². The zero-order chi connectivity index (χ0) is 12.4. The molecule has 1 nitrogen and oxygen atoms in total. The van der Waals surface area contributed by atoms with Gasteiger partial charge in [-0.3, -0.25) is 0 Å². The normalized spacial score (nSPS) is 8.25. The van der Waals surface area contributed by atoms with Crippen LogP contribution in [0.4, 0.5) is 0 Å². The lowest BCUT2D eigenvalue weighted by Gasteiger charge is -1.94. The third-order valence-corrected chi connectivity index (χ3v) is 2.14. The molecular formula is C13H15Cl2N. The first-order chi connectivity index (χ1) is 7.65. The Kier molecular flexibility index (Phi) is 8.75. The van der Waals surface area contributed by atoms with Gasteiger partial charge in [0.15, 0.2) is 0 Å². The van der Waals surface area contributed by atoms with E-state index in [0.29, 0.717) is 16.5 Å². The minimum atomic E-state index is 0.534. The number of rotatable bonds is 1. The van der Waals surface area contributed by atoms with Crippen LogP contribution in [0.1, 0.15) is 12.0 Å². The van der Waals surface area contributed by atoms with E-state index >= 15 is 0 Å². The summed E-state index contributed by atoms with van der Waals surface area (Å²) in [5, 5.41) is 3.84. The van der Waals surface area contributed by atoms with Crippen LogP contribution in [0, 0.1) is 11.8 Å². The zero-order valence-electron chi connectivity index (χ0n) is 9.48. The number of halogens is 2. The van der Waals surface area contributed by atoms with Gasteiger partial charge < -0.3 is 5.32 Å². The average Bonchev–Trinajstić information content (AvgIpc) is 2.25. The van der Waals surface area contributed by atoms with Crippen LogP contribution in [-0.2, 0) is 0 Å². The van der Waals surface area contributed by atoms with Crippen molar-refractivity contribution in [3.8, 4) is 11.8 Å². The molecule has 0 aliphatic heterocycles. The molecule has 0 fully saturated rings. The number of nitrogens with one attached hydrogen (secondary N) is 1. The van der Waals surface area contributed by atoms with Crippen LogP contribution >= 0.6 is 23.2 Å². The summed E-state index contributed by atoms with van der Waals surface area (Å²) in [4.78, 5) is 0. The van der Waals surface area contributed by atoms with Gasteiger partial charge in [-0.05, 0) is 32.3 Å². The predicted molar refractivity (Wildman–Crippen MR) is 73.1 cm³/mol. The van der Waals surface area contributed by atoms with Crippen molar-refractivity contribution in [2.45, 2.75) is 6.42 Å². The summed E-state index contributed by atoms with van der Waals surface area (Å²) < 4.78 is 0. The van der Waals surface area contributed by atoms with Crippen molar-refractivity contribution in [2.24, 2.45) is 0 Å². The highest BCUT2D eigenvalue weighted by Crippen LogP contribution is 2.21. The van der Waals surface area contributed by atoms with Crippen LogP contribution < -0.4 is 5.32 Å². The molecule has 0 amide bonds. The first-order valence-corrected chi connectivity index (χ1v) is 5.54. The van der Waals surface area contributed by atoms with Crippen molar-refractivity contribution < 1.29 is 0 Å². The first-order valence-electron chi connectivity index (χ1n) is 4.79. The molecule has 1 aromatic rings. The van der Waals surface area contributed by atoms with Crippen molar-refractivity contribution in [1.82, 2.24) is 5.32 Å². The molecule has 0 aliphatic rings. The lowest BCUT2D eigenvalue weighted by Crippen LogP contribution is -1.89. The van der Waals surface area contributed by atoms with Gasteiger partial charge in [-0.25, -0.2) is 0 Å². The molecule has 0 aliphatic carbocycles. The van der Waals surface area contributed by atoms with E-state index in [2.05, 4.69) is 23.7 Å². The number of allylic oxidation sites excluding steroid dienone is 1. The Morgan fingerprint density at radius 2 is 1.94 bits per heavy atom. The van der Waals surface area contributed by atoms with Gasteiger partial charge in [0.05, 0.1) is 10.0 Å². The standard InChI is InChI=1S/C11H8Cl2.C2H7N/c1-2-3-4-5-9-6-7-10(12)11(13)8-9;1-3-2/h2,6-8H,1,3H2;3H,1-2H3. The fraction of sp³-hybridized carbons (Fsp3) is 0.231. The summed E-state index contributed by atoms with van der Waals surface area (Å²) in [5.41, 5.74) is 0.872. The number of hydrogen-bond donors (Lipinski definition) is 1. The Morgan fingerprint density at radius 3 is 2.44 bits per heavy atom. The summed E-state index contributed by atoms with van der Waals surface area (Å²) in [5.74, 6) is 5.88. The molecule has 1 aromatic carbocycles. The molecule has 0 saturated heterocycles. The van der Waals surface area contributed by atoms with Crippen LogP contribution in [0.2, 0.25) is 10.0 Å². The third kappa shape index (κ3) is 6.53. The second kappa shape index (κ2) is 9.30. The fourth-order valence-electron chi connectivity index (χ4n) is 0.799. The second-order valence-corrected chi connectivity index (χ2v) is 3.74. The molecule has 0 bridgehead atoms. The molecule has 16 heavy (non-hydrogen) atoms. The van der Waals surface area contributed by atoms with E-state index in [1.165, 1.54) is 0 Å². The molecule has 0 radical (unpaired) electrons. The molecule has 3 heteroatoms. The summed E-state index contributed by atoms with van der Waals surface area (Å²) in [7, 11) is 3.75. The van der Waals surface area contributed by atoms with Crippen LogP contribution in [0.25, 0.3) is 0 Å². The average molecular weight is 256 g/mol. The molecule has 86 valence electrons. The molecule has 0 aromatic heterocycles. The van der Waals surface area contributed by atoms with Crippen molar-refractivity contribution in [3.05, 3.63) is 46.5 Å². The van der Waals surface area contributed by atoms with Gasteiger partial charge in [0.25, 0.3) is 0 Å². The second-order valence-electron chi connectivity index (χ2n) is 2.92. The largest absolute Gasteiger partial charge is 0.323 e. The van der Waals surface area contributed by atoms with Gasteiger partial charge in [0.1, 0.15) is 0 Å². The van der Waals surface area contributed by atoms with Gasteiger partial charge in [0.2, 0.25) is 0 Å². The van der Waals surface area contributed by atoms with E-state index < -0.39 is 0 Å². The van der Waals surface area contributed by atoms with E-state index in [1.807, 2.05) is 20.2 Å². The van der Waals surface area contributed by atoms with Crippen molar-refractivity contribution in [1.29, 1.82) is 0 Å². The van der Waals surface area contributed by atoms with Crippen molar-refractivity contribution in [2.75, 3.05) is 14.1 Å². The molecule has 0 spiro atoms. The molecule has 0 saturated carbocycles. The predicted octanol–water partition coefficient (Wildman–Crippen LogP) is 3.76. The number of benzene rings is 1. The monoisotopic (exact) mass is 255 g/mol. The zero-order valence-corrected chi connectivity index (χ0v) is 11.0. The highest BCUT2D eigenvalue weighted by molar-refractivity contribution is 6.42. The molecule has 0 heterocycles. The van der Waals surface area contributed by atoms with Crippen molar-refractivity contribution >= 4 is 23.2 Å². The van der Waals surface area contributed by atoms with E-state index in [-0.39, 0.29) is 0 Å². The maximum atomic E-state index is 5.81. The minimum absolute atomic E-state index is 0.534. The highest BCUT2D eigenvalue weighted by Gasteiger charge is 1.95. The van der Waals surface area contributed by atoms with Gasteiger partial charge in [-0.15, -0.1) is 6.58 Å². The molecule has 1 N–H and O–H groups in total. The fourth-order valence-corrected chi connectivity index (χ4v) is 1.10. The summed E-state index contributed by atoms with van der Waals surface area (Å²) in [6, 6.07) is 5.33. The van der Waals surface area contributed by atoms with E-state index in [0.717, 1.165) is 5.56 Å². The molecule has 0 unspecified atom stereocenters. The third-order valence-electron chi connectivity index (χ3n) is 1.40. The molecule has 0 atom stereocenters. The maximum Gasteiger partial charge on any atom is 0.0604 e. The van der Waals surface area contributed by atoms with E-state index in [9.17, 15) is 0 Å². The topological polar surface area (TPSA) is 12.0 Å². The lowest BCUT2D eigenvalue weighted by atomic mass is 10.2. The summed E-state index contributed by atoms with van der Waals surface area (Å²) in [6.45, 7) is 3.57. The Labute approximate surface area is 107 Å². The SMILES string of the molecule is C=CCC#Cc1ccc(Cl)c(Cl)c1.CNC. The Balaban J connectivity index is 0.000000673. The van der Waals surface area contributed by atoms with Gasteiger partial charge in [-0.1, -0.05) is 41.1 Å². The minimum Gasteiger partial charge on any atom is -0.323 e. The van der Waals surface area contributed by atoms with E-state index in [1.54, 1.807) is 18.2 Å². The van der Waals surface area contributed by atoms with Gasteiger partial charge in [0, 0.05) is 12.0 Å². The van der Waals surface area contributed by atoms with Crippen LogP contribution in [0.15, 0.2) is 30.9 Å². The smallest absolute Gasteiger partial charge is 0.0604 e. The summed E-state index contributed by atoms with van der Waals surface area (Å²) >= 11 is 11.6. The Bertz CT molecular complexity index is 389. The number of hydrogen-bond acceptors (Lipinski definition) is 1. The van der Waals surface area contributed by atoms with Crippen LogP contribution in [-0.4, -0.2) is 14.1 Å². The van der Waals surface area contributed by atoms with Crippen molar-refractivity contribution in [3.63, 3.8) is 0 Å². The first kappa shape index (κ1) is 15.1. The Hall–Kier alpha value is -0.940. The quantitative estimate of drug-likeness (QED) is 0.596. The highest BCUT2D eigenvalue weighted by atomic mass is 35.5. The van der Waals surface area contributed by atoms with Crippen LogP contribution in [0.5, 0.6) is 0 Å². The Morgan fingerprint density at radius 1 is 1.31 bits per heavy atom. The lowest BCUT2D eigenvalue weighted by molar-refractivity contribution is 1.02. The summed E-state index contributed by atoms with van der Waals surface area (Å²) in [6.07, 6.45) is 2.44. The van der Waals surface area contributed by atoms with Crippen LogP contribution in [0.3, 0.4) is 0 Å². The van der Waals surface area contributed by atoms with Gasteiger partial charge in [-0.2, -0.15) is 0 Å². The maximum absolute atomic E-state index is 5.81.